The molecule has 0 aliphatic carbocycles. The number of para-hydroxylation sites is 1. The van der Waals surface area contributed by atoms with Crippen molar-refractivity contribution in [2.24, 2.45) is 0 Å². The standard InChI is InChI=1S/C17H19N.HI/c1-2-3-14-18(17-12-8-5-9-13-17)15-16-10-6-4-7-11-16;/h2-13H,14-15H2,1H3;1H. The number of allylic oxidation sites excluding steroid dienone is 1. The molecule has 0 aromatic heterocycles. The minimum Gasteiger partial charge on any atom is -1.00 e. The van der Waals surface area contributed by atoms with E-state index in [1.54, 1.807) is 0 Å². The van der Waals surface area contributed by atoms with Crippen molar-refractivity contribution in [3.8, 4) is 0 Å². The zero-order valence-electron chi connectivity index (χ0n) is 11.2. The molecule has 0 radical (unpaired) electrons. The van der Waals surface area contributed by atoms with E-state index in [1.165, 1.54) is 16.2 Å². The molecule has 1 N–H and O–H groups in total. The predicted molar refractivity (Wildman–Crippen MR) is 76.9 cm³/mol. The zero-order chi connectivity index (χ0) is 12.6. The fourth-order valence-corrected chi connectivity index (χ4v) is 2.07. The van der Waals surface area contributed by atoms with Gasteiger partial charge in [-0.3, -0.25) is 4.90 Å². The summed E-state index contributed by atoms with van der Waals surface area (Å²) in [7, 11) is 0. The highest BCUT2D eigenvalue weighted by atomic mass is 127. The predicted octanol–water partition coefficient (Wildman–Crippen LogP) is -0.0167. The number of halogens is 1. The van der Waals surface area contributed by atoms with Gasteiger partial charge in [0.2, 0.25) is 0 Å². The first kappa shape index (κ1) is 15.9. The molecule has 0 bridgehead atoms. The van der Waals surface area contributed by atoms with Crippen LogP contribution in [0.25, 0.3) is 0 Å². The summed E-state index contributed by atoms with van der Waals surface area (Å²) in [5, 5.41) is 0. The molecule has 0 spiro atoms. The fraction of sp³-hybridized carbons (Fsp3) is 0.176. The third-order valence-electron chi connectivity index (χ3n) is 3.04. The molecule has 0 saturated carbocycles. The highest BCUT2D eigenvalue weighted by Crippen LogP contribution is 2.02. The summed E-state index contributed by atoms with van der Waals surface area (Å²) in [5.41, 5.74) is 2.72. The van der Waals surface area contributed by atoms with Gasteiger partial charge in [0.15, 0.2) is 0 Å². The van der Waals surface area contributed by atoms with Crippen LogP contribution in [0.2, 0.25) is 0 Å². The SMILES string of the molecule is CC=CC[NH+](Cc1ccccc1)c1ccccc1.[I-]. The lowest BCUT2D eigenvalue weighted by atomic mass is 10.2. The van der Waals surface area contributed by atoms with Gasteiger partial charge in [-0.2, -0.15) is 0 Å². The van der Waals surface area contributed by atoms with E-state index in [-0.39, 0.29) is 24.0 Å². The lowest BCUT2D eigenvalue weighted by Gasteiger charge is -2.17. The second-order valence-electron chi connectivity index (χ2n) is 4.41. The largest absolute Gasteiger partial charge is 1.00 e. The summed E-state index contributed by atoms with van der Waals surface area (Å²) in [6.07, 6.45) is 4.35. The van der Waals surface area contributed by atoms with E-state index in [9.17, 15) is 0 Å². The summed E-state index contributed by atoms with van der Waals surface area (Å²) >= 11 is 0. The van der Waals surface area contributed by atoms with E-state index >= 15 is 0 Å². The van der Waals surface area contributed by atoms with Crippen molar-refractivity contribution in [1.29, 1.82) is 0 Å². The Balaban J connectivity index is 0.00000180. The molecule has 19 heavy (non-hydrogen) atoms. The first-order valence-corrected chi connectivity index (χ1v) is 6.45. The van der Waals surface area contributed by atoms with Crippen LogP contribution in [0.15, 0.2) is 72.8 Å². The Morgan fingerprint density at radius 2 is 1.47 bits per heavy atom. The molecule has 100 valence electrons. The quantitative estimate of drug-likeness (QED) is 0.562. The summed E-state index contributed by atoms with van der Waals surface area (Å²) in [6, 6.07) is 21.3. The smallest absolute Gasteiger partial charge is 0.131 e. The third kappa shape index (κ3) is 5.17. The second-order valence-corrected chi connectivity index (χ2v) is 4.41. The van der Waals surface area contributed by atoms with E-state index in [2.05, 4.69) is 79.7 Å². The molecule has 2 aromatic carbocycles. The molecule has 1 unspecified atom stereocenters. The van der Waals surface area contributed by atoms with Crippen molar-refractivity contribution in [3.05, 3.63) is 78.4 Å². The van der Waals surface area contributed by atoms with E-state index in [0.717, 1.165) is 13.1 Å². The van der Waals surface area contributed by atoms with Crippen LogP contribution in [0, 0.1) is 0 Å². The first-order valence-electron chi connectivity index (χ1n) is 6.45. The van der Waals surface area contributed by atoms with Gasteiger partial charge in [-0.1, -0.05) is 54.6 Å². The van der Waals surface area contributed by atoms with Crippen molar-refractivity contribution < 1.29 is 28.9 Å². The maximum absolute atomic E-state index is 2.23. The van der Waals surface area contributed by atoms with Gasteiger partial charge in [0.25, 0.3) is 0 Å². The summed E-state index contributed by atoms with van der Waals surface area (Å²) < 4.78 is 0. The minimum absolute atomic E-state index is 0. The van der Waals surface area contributed by atoms with Crippen molar-refractivity contribution in [2.45, 2.75) is 13.5 Å². The Morgan fingerprint density at radius 3 is 2.05 bits per heavy atom. The van der Waals surface area contributed by atoms with Crippen LogP contribution in [0.5, 0.6) is 0 Å². The third-order valence-corrected chi connectivity index (χ3v) is 3.04. The zero-order valence-corrected chi connectivity index (χ0v) is 13.4. The number of hydrogen-bond donors (Lipinski definition) is 1. The molecule has 0 saturated heterocycles. The van der Waals surface area contributed by atoms with E-state index < -0.39 is 0 Å². The Kier molecular flexibility index (Phi) is 7.45. The van der Waals surface area contributed by atoms with Crippen molar-refractivity contribution in [2.75, 3.05) is 6.54 Å². The summed E-state index contributed by atoms with van der Waals surface area (Å²) in [5.74, 6) is 0. The molecule has 1 nitrogen and oxygen atoms in total. The Hall–Kier alpha value is -1.13. The van der Waals surface area contributed by atoms with Crippen LogP contribution in [-0.4, -0.2) is 6.54 Å². The van der Waals surface area contributed by atoms with Crippen LogP contribution in [-0.2, 0) is 6.54 Å². The molecular weight excluding hydrogens is 345 g/mol. The van der Waals surface area contributed by atoms with Crippen LogP contribution in [0.1, 0.15) is 12.5 Å². The lowest BCUT2D eigenvalue weighted by molar-refractivity contribution is -0.840. The van der Waals surface area contributed by atoms with Gasteiger partial charge in [0, 0.05) is 5.56 Å². The number of hydrogen-bond acceptors (Lipinski definition) is 0. The Morgan fingerprint density at radius 1 is 0.895 bits per heavy atom. The number of quaternary nitrogens is 1. The van der Waals surface area contributed by atoms with E-state index in [4.69, 9.17) is 0 Å². The maximum atomic E-state index is 2.23. The van der Waals surface area contributed by atoms with Gasteiger partial charge in [-0.05, 0) is 25.1 Å². The van der Waals surface area contributed by atoms with Gasteiger partial charge in [0.05, 0.1) is 0 Å². The Labute approximate surface area is 133 Å². The van der Waals surface area contributed by atoms with E-state index in [1.807, 2.05) is 0 Å². The van der Waals surface area contributed by atoms with Gasteiger partial charge in [-0.25, -0.2) is 0 Å². The number of rotatable bonds is 5. The molecule has 2 rings (SSSR count). The molecule has 1 atom stereocenters. The summed E-state index contributed by atoms with van der Waals surface area (Å²) in [6.45, 7) is 4.12. The van der Waals surface area contributed by atoms with Crippen LogP contribution < -0.4 is 28.9 Å². The fourth-order valence-electron chi connectivity index (χ4n) is 2.07. The van der Waals surface area contributed by atoms with Gasteiger partial charge in [0.1, 0.15) is 18.8 Å². The molecule has 0 aliphatic heterocycles. The molecule has 2 aromatic rings. The molecular formula is C17H20IN. The average Bonchev–Trinajstić information content (AvgIpc) is 2.45. The van der Waals surface area contributed by atoms with Crippen LogP contribution in [0.4, 0.5) is 5.69 Å². The van der Waals surface area contributed by atoms with Crippen molar-refractivity contribution in [1.82, 2.24) is 0 Å². The van der Waals surface area contributed by atoms with Crippen LogP contribution in [0.3, 0.4) is 0 Å². The molecule has 0 amide bonds. The van der Waals surface area contributed by atoms with Crippen LogP contribution >= 0.6 is 0 Å². The van der Waals surface area contributed by atoms with Crippen molar-refractivity contribution >= 4 is 5.69 Å². The molecule has 0 aliphatic rings. The molecule has 2 heteroatoms. The second kappa shape index (κ2) is 8.88. The molecule has 0 heterocycles. The lowest BCUT2D eigenvalue weighted by Crippen LogP contribution is -3.05. The first-order chi connectivity index (χ1) is 8.90. The highest BCUT2D eigenvalue weighted by molar-refractivity contribution is 5.28. The number of nitrogens with one attached hydrogen (secondary N) is 1. The topological polar surface area (TPSA) is 4.44 Å². The van der Waals surface area contributed by atoms with E-state index in [0.29, 0.717) is 0 Å². The minimum atomic E-state index is 0. The highest BCUT2D eigenvalue weighted by Gasteiger charge is 2.10. The normalized spacial score (nSPS) is 12.1. The maximum Gasteiger partial charge on any atom is 0.131 e. The molecule has 0 fully saturated rings. The van der Waals surface area contributed by atoms with Gasteiger partial charge >= 0.3 is 0 Å². The average molecular weight is 365 g/mol. The number of benzene rings is 2. The monoisotopic (exact) mass is 365 g/mol. The van der Waals surface area contributed by atoms with Gasteiger partial charge < -0.3 is 24.0 Å². The van der Waals surface area contributed by atoms with Gasteiger partial charge in [-0.15, -0.1) is 0 Å². The van der Waals surface area contributed by atoms with Crippen molar-refractivity contribution in [3.63, 3.8) is 0 Å². The Bertz CT molecular complexity index is 479. The summed E-state index contributed by atoms with van der Waals surface area (Å²) in [4.78, 5) is 1.47.